The van der Waals surface area contributed by atoms with Crippen molar-refractivity contribution in [3.63, 3.8) is 0 Å². The van der Waals surface area contributed by atoms with Crippen molar-refractivity contribution in [2.75, 3.05) is 13.2 Å². The van der Waals surface area contributed by atoms with Crippen molar-refractivity contribution in [1.82, 2.24) is 19.4 Å². The van der Waals surface area contributed by atoms with Crippen LogP contribution in [0, 0.1) is 0 Å². The zero-order chi connectivity index (χ0) is 24.8. The van der Waals surface area contributed by atoms with Gasteiger partial charge in [-0.3, -0.25) is 4.68 Å². The number of ether oxygens (including phenoxy) is 1. The normalized spacial score (nSPS) is 21.4. The van der Waals surface area contributed by atoms with Crippen LogP contribution in [0.15, 0.2) is 53.6 Å². The highest BCUT2D eigenvalue weighted by Gasteiger charge is 2.42. The van der Waals surface area contributed by atoms with Crippen molar-refractivity contribution in [3.05, 3.63) is 59.2 Å². The average Bonchev–Trinajstić information content (AvgIpc) is 3.23. The van der Waals surface area contributed by atoms with E-state index in [-0.39, 0.29) is 29.1 Å². The standard InChI is InChI=1S/C24H26ClFN4O4S/c1-24(7-8-24)28-35(32,33)19-10-21(25)20-13-27-30(22(20)11-19)18-9-17(12-26)29(14-18)23(31)34-15-16-5-3-2-4-6-16/h2-6,10-11,13,17-18,28H,7-9,12,14-15H2,1H3/t17-,18+/m1/s1. The Balaban J connectivity index is 1.38. The Labute approximate surface area is 208 Å². The fraction of sp³-hybridized carbons (Fsp3) is 0.417. The predicted octanol–water partition coefficient (Wildman–Crippen LogP) is 4.44. The average molecular weight is 521 g/mol. The van der Waals surface area contributed by atoms with E-state index in [1.54, 1.807) is 10.9 Å². The number of nitrogens with zero attached hydrogens (tertiary/aromatic N) is 3. The van der Waals surface area contributed by atoms with E-state index in [0.717, 1.165) is 18.4 Å². The van der Waals surface area contributed by atoms with Crippen LogP contribution in [0.3, 0.4) is 0 Å². The summed E-state index contributed by atoms with van der Waals surface area (Å²) in [6.07, 6.45) is 2.84. The molecule has 186 valence electrons. The van der Waals surface area contributed by atoms with Crippen LogP contribution >= 0.6 is 11.6 Å². The largest absolute Gasteiger partial charge is 0.445 e. The van der Waals surface area contributed by atoms with Crippen molar-refractivity contribution in [1.29, 1.82) is 0 Å². The topological polar surface area (TPSA) is 93.5 Å². The van der Waals surface area contributed by atoms with Crippen LogP contribution < -0.4 is 4.72 Å². The molecule has 1 amide bonds. The van der Waals surface area contributed by atoms with E-state index in [2.05, 4.69) is 9.82 Å². The molecule has 1 saturated carbocycles. The molecule has 3 aromatic rings. The fourth-order valence-corrected chi connectivity index (χ4v) is 6.28. The third-order valence-electron chi connectivity index (χ3n) is 6.69. The number of carbonyl (C=O) groups excluding carboxylic acids is 1. The molecule has 2 heterocycles. The van der Waals surface area contributed by atoms with Gasteiger partial charge >= 0.3 is 6.09 Å². The SMILES string of the molecule is CC1(NS(=O)(=O)c2cc(Cl)c3cnn([C@H]4C[C@H](CF)N(C(=O)OCc5ccccc5)C4)c3c2)CC1. The molecule has 0 spiro atoms. The number of nitrogens with one attached hydrogen (secondary N) is 1. The van der Waals surface area contributed by atoms with E-state index in [9.17, 15) is 17.6 Å². The summed E-state index contributed by atoms with van der Waals surface area (Å²) >= 11 is 6.42. The first-order valence-electron chi connectivity index (χ1n) is 11.4. The number of benzene rings is 2. The van der Waals surface area contributed by atoms with Gasteiger partial charge in [0.1, 0.15) is 13.3 Å². The van der Waals surface area contributed by atoms with Crippen molar-refractivity contribution in [2.45, 2.75) is 55.3 Å². The van der Waals surface area contributed by atoms with Crippen LogP contribution in [0.2, 0.25) is 5.02 Å². The zero-order valence-corrected chi connectivity index (χ0v) is 20.7. The fourth-order valence-electron chi connectivity index (χ4n) is 4.44. The summed E-state index contributed by atoms with van der Waals surface area (Å²) in [7, 11) is -3.78. The molecule has 0 bridgehead atoms. The number of carbonyl (C=O) groups is 1. The first-order chi connectivity index (χ1) is 16.7. The van der Waals surface area contributed by atoms with Gasteiger partial charge in [-0.25, -0.2) is 22.3 Å². The first-order valence-corrected chi connectivity index (χ1v) is 13.3. The summed E-state index contributed by atoms with van der Waals surface area (Å²) < 4.78 is 49.5. The Morgan fingerprint density at radius 3 is 2.71 bits per heavy atom. The molecule has 1 aliphatic heterocycles. The minimum Gasteiger partial charge on any atom is -0.445 e. The maximum absolute atomic E-state index is 13.9. The monoisotopic (exact) mass is 520 g/mol. The van der Waals surface area contributed by atoms with E-state index in [1.807, 2.05) is 37.3 Å². The Morgan fingerprint density at radius 1 is 1.29 bits per heavy atom. The lowest BCUT2D eigenvalue weighted by Gasteiger charge is -2.21. The molecule has 2 aliphatic rings. The van der Waals surface area contributed by atoms with Gasteiger partial charge in [-0.05, 0) is 43.9 Å². The van der Waals surface area contributed by atoms with E-state index in [4.69, 9.17) is 16.3 Å². The number of hydrogen-bond donors (Lipinski definition) is 1. The van der Waals surface area contributed by atoms with Gasteiger partial charge in [0.2, 0.25) is 10.0 Å². The summed E-state index contributed by atoms with van der Waals surface area (Å²) in [6, 6.07) is 11.2. The number of hydrogen-bond acceptors (Lipinski definition) is 5. The maximum atomic E-state index is 13.9. The molecule has 1 N–H and O–H groups in total. The molecule has 1 saturated heterocycles. The molecule has 11 heteroatoms. The quantitative estimate of drug-likeness (QED) is 0.497. The molecular formula is C24H26ClFN4O4S. The van der Waals surface area contributed by atoms with Gasteiger partial charge in [-0.2, -0.15) is 5.10 Å². The molecule has 1 aromatic heterocycles. The summed E-state index contributed by atoms with van der Waals surface area (Å²) in [5.41, 5.74) is 0.922. The number of alkyl halides is 1. The van der Waals surface area contributed by atoms with Crippen LogP contribution in [0.4, 0.5) is 9.18 Å². The van der Waals surface area contributed by atoms with Gasteiger partial charge in [-0.1, -0.05) is 41.9 Å². The van der Waals surface area contributed by atoms with Crippen LogP contribution in [-0.2, 0) is 21.4 Å². The van der Waals surface area contributed by atoms with E-state index < -0.39 is 34.4 Å². The van der Waals surface area contributed by atoms with Gasteiger partial charge < -0.3 is 9.64 Å². The molecule has 2 atom stereocenters. The van der Waals surface area contributed by atoms with Crippen LogP contribution in [-0.4, -0.2) is 54.0 Å². The third kappa shape index (κ3) is 4.87. The molecule has 5 rings (SSSR count). The number of likely N-dealkylation sites (tertiary alicyclic amines) is 1. The molecule has 2 fully saturated rings. The van der Waals surface area contributed by atoms with E-state index in [0.29, 0.717) is 17.3 Å². The molecule has 2 aromatic carbocycles. The lowest BCUT2D eigenvalue weighted by Crippen LogP contribution is -2.37. The van der Waals surface area contributed by atoms with E-state index >= 15 is 0 Å². The lowest BCUT2D eigenvalue weighted by molar-refractivity contribution is 0.0871. The molecule has 1 aliphatic carbocycles. The number of aromatic nitrogens is 2. The second kappa shape index (κ2) is 9.07. The van der Waals surface area contributed by atoms with Crippen LogP contribution in [0.1, 0.15) is 37.8 Å². The summed E-state index contributed by atoms with van der Waals surface area (Å²) in [6.45, 7) is 1.41. The number of rotatable bonds is 7. The van der Waals surface area contributed by atoms with Crippen molar-refractivity contribution in [3.8, 4) is 0 Å². The number of fused-ring (bicyclic) bond motifs is 1. The number of amides is 1. The Morgan fingerprint density at radius 2 is 2.03 bits per heavy atom. The smallest absolute Gasteiger partial charge is 0.410 e. The second-order valence-corrected chi connectivity index (χ2v) is 11.6. The molecule has 0 radical (unpaired) electrons. The van der Waals surface area contributed by atoms with Gasteiger partial charge in [0.15, 0.2) is 0 Å². The highest BCUT2D eigenvalue weighted by atomic mass is 35.5. The second-order valence-electron chi connectivity index (χ2n) is 9.48. The van der Waals surface area contributed by atoms with Crippen molar-refractivity contribution >= 4 is 38.6 Å². The molecule has 35 heavy (non-hydrogen) atoms. The minimum atomic E-state index is -3.78. The van der Waals surface area contributed by atoms with Gasteiger partial charge in [0.05, 0.1) is 33.7 Å². The third-order valence-corrected chi connectivity index (χ3v) is 8.62. The van der Waals surface area contributed by atoms with Crippen LogP contribution in [0.5, 0.6) is 0 Å². The van der Waals surface area contributed by atoms with Crippen molar-refractivity contribution in [2.24, 2.45) is 0 Å². The number of sulfonamides is 1. The minimum absolute atomic E-state index is 0.0454. The van der Waals surface area contributed by atoms with Crippen LogP contribution in [0.25, 0.3) is 10.9 Å². The maximum Gasteiger partial charge on any atom is 0.410 e. The summed E-state index contributed by atoms with van der Waals surface area (Å²) in [4.78, 5) is 14.2. The highest BCUT2D eigenvalue weighted by molar-refractivity contribution is 7.89. The molecule has 8 nitrogen and oxygen atoms in total. The Hall–Kier alpha value is -2.69. The number of halogens is 2. The lowest BCUT2D eigenvalue weighted by atomic mass is 10.2. The first kappa shape index (κ1) is 24.0. The molecule has 0 unspecified atom stereocenters. The van der Waals surface area contributed by atoms with E-state index in [1.165, 1.54) is 17.0 Å². The Kier molecular flexibility index (Phi) is 6.23. The van der Waals surface area contributed by atoms with Gasteiger partial charge in [0, 0.05) is 17.5 Å². The van der Waals surface area contributed by atoms with Crippen molar-refractivity contribution < 1.29 is 22.3 Å². The molecular weight excluding hydrogens is 495 g/mol. The predicted molar refractivity (Wildman–Crippen MR) is 129 cm³/mol. The summed E-state index contributed by atoms with van der Waals surface area (Å²) in [5, 5.41) is 5.27. The zero-order valence-electron chi connectivity index (χ0n) is 19.2. The Bertz CT molecular complexity index is 1360. The van der Waals surface area contributed by atoms with Gasteiger partial charge in [-0.15, -0.1) is 0 Å². The summed E-state index contributed by atoms with van der Waals surface area (Å²) in [5.74, 6) is 0. The highest BCUT2D eigenvalue weighted by Crippen LogP contribution is 2.38. The van der Waals surface area contributed by atoms with Gasteiger partial charge in [0.25, 0.3) is 0 Å².